The Labute approximate surface area is 99.0 Å². The molecular weight excluding hydrogens is 218 g/mol. The minimum absolute atomic E-state index is 0.678. The molecule has 0 aliphatic carbocycles. The fraction of sp³-hybridized carbons (Fsp3) is 0.167. The molecule has 1 aromatic heterocycles. The lowest BCUT2D eigenvalue weighted by molar-refractivity contribution is 0.784. The first-order valence-corrected chi connectivity index (χ1v) is 5.35. The van der Waals surface area contributed by atoms with E-state index in [4.69, 9.17) is 17.5 Å². The molecule has 0 bridgehead atoms. The van der Waals surface area contributed by atoms with Crippen LogP contribution in [0.1, 0.15) is 16.8 Å². The van der Waals surface area contributed by atoms with Gasteiger partial charge >= 0.3 is 0 Å². The number of hydrogen-bond acceptors (Lipinski definition) is 2. The minimum atomic E-state index is 0.678. The number of benzene rings is 1. The van der Waals surface area contributed by atoms with E-state index in [2.05, 4.69) is 11.1 Å². The first-order valence-electron chi connectivity index (χ1n) is 4.94. The Bertz CT molecular complexity index is 584. The van der Waals surface area contributed by atoms with E-state index < -0.39 is 0 Å². The van der Waals surface area contributed by atoms with Crippen molar-refractivity contribution in [2.24, 2.45) is 0 Å². The highest BCUT2D eigenvalue weighted by molar-refractivity contribution is 7.71. The van der Waals surface area contributed by atoms with Gasteiger partial charge in [0.05, 0.1) is 11.6 Å². The quantitative estimate of drug-likeness (QED) is 0.805. The van der Waals surface area contributed by atoms with Crippen LogP contribution in [0, 0.1) is 23.0 Å². The van der Waals surface area contributed by atoms with Crippen LogP contribution in [0.5, 0.6) is 0 Å². The van der Waals surface area contributed by atoms with Crippen LogP contribution in [0.4, 0.5) is 0 Å². The Morgan fingerprint density at radius 2 is 2.06 bits per heavy atom. The molecule has 0 amide bonds. The maximum Gasteiger partial charge on any atom is 0.177 e. The fourth-order valence-corrected chi connectivity index (χ4v) is 1.84. The lowest BCUT2D eigenvalue weighted by atomic mass is 10.1. The normalized spacial score (nSPS) is 10.0. The van der Waals surface area contributed by atoms with Crippen molar-refractivity contribution in [1.82, 2.24) is 9.55 Å². The molecular formula is C12H11N3S. The average Bonchev–Trinajstić information content (AvgIpc) is 2.59. The highest BCUT2D eigenvalue weighted by Gasteiger charge is 1.98. The summed E-state index contributed by atoms with van der Waals surface area (Å²) in [4.78, 5) is 3.08. The molecule has 0 fully saturated rings. The van der Waals surface area contributed by atoms with Gasteiger partial charge in [0.25, 0.3) is 0 Å². The summed E-state index contributed by atoms with van der Waals surface area (Å²) in [5.74, 6) is 0. The Kier molecular flexibility index (Phi) is 2.88. The number of H-pyrrole nitrogens is 1. The lowest BCUT2D eigenvalue weighted by Gasteiger charge is -2.02. The zero-order chi connectivity index (χ0) is 11.5. The van der Waals surface area contributed by atoms with Crippen LogP contribution in [0.15, 0.2) is 30.5 Å². The van der Waals surface area contributed by atoms with Gasteiger partial charge in [-0.25, -0.2) is 0 Å². The number of imidazole rings is 1. The van der Waals surface area contributed by atoms with Gasteiger partial charge in [-0.1, -0.05) is 12.1 Å². The van der Waals surface area contributed by atoms with Gasteiger partial charge in [-0.05, 0) is 36.8 Å². The highest BCUT2D eigenvalue weighted by Crippen LogP contribution is 2.07. The molecule has 0 atom stereocenters. The molecule has 0 spiro atoms. The smallest absolute Gasteiger partial charge is 0.177 e. The topological polar surface area (TPSA) is 44.5 Å². The van der Waals surface area contributed by atoms with Crippen LogP contribution in [0.2, 0.25) is 0 Å². The van der Waals surface area contributed by atoms with E-state index >= 15 is 0 Å². The summed E-state index contributed by atoms with van der Waals surface area (Å²) in [5.41, 5.74) is 2.87. The van der Waals surface area contributed by atoms with Crippen molar-refractivity contribution in [1.29, 1.82) is 5.26 Å². The highest BCUT2D eigenvalue weighted by atomic mass is 32.1. The summed E-state index contributed by atoms with van der Waals surface area (Å²) in [6.07, 6.45) is 1.99. The molecule has 2 rings (SSSR count). The minimum Gasteiger partial charge on any atom is -0.335 e. The maximum absolute atomic E-state index is 8.69. The third kappa shape index (κ3) is 2.20. The van der Waals surface area contributed by atoms with E-state index in [1.165, 1.54) is 0 Å². The van der Waals surface area contributed by atoms with Gasteiger partial charge in [-0.2, -0.15) is 5.26 Å². The van der Waals surface area contributed by atoms with E-state index in [-0.39, 0.29) is 0 Å². The second-order valence-electron chi connectivity index (χ2n) is 3.68. The summed E-state index contributed by atoms with van der Waals surface area (Å²) in [7, 11) is 0. The molecule has 1 aromatic carbocycles. The lowest BCUT2D eigenvalue weighted by Crippen LogP contribution is -1.97. The van der Waals surface area contributed by atoms with Crippen LogP contribution in [-0.4, -0.2) is 9.55 Å². The number of nitriles is 1. The SMILES string of the molecule is Cc1cn(Cc2ccc(C#N)cc2)c(=S)[nH]1. The van der Waals surface area contributed by atoms with Crippen LogP contribution >= 0.6 is 12.2 Å². The Hall–Kier alpha value is -1.86. The Balaban J connectivity index is 2.24. The zero-order valence-electron chi connectivity index (χ0n) is 8.90. The standard InChI is InChI=1S/C12H11N3S/c1-9-7-15(12(16)14-9)8-11-4-2-10(6-13)3-5-11/h2-5,7H,8H2,1H3,(H,14,16). The molecule has 16 heavy (non-hydrogen) atoms. The van der Waals surface area contributed by atoms with Crippen molar-refractivity contribution in [3.8, 4) is 6.07 Å². The van der Waals surface area contributed by atoms with Gasteiger partial charge in [-0.3, -0.25) is 0 Å². The van der Waals surface area contributed by atoms with Gasteiger partial charge < -0.3 is 9.55 Å². The van der Waals surface area contributed by atoms with E-state index in [1.807, 2.05) is 42.0 Å². The fourth-order valence-electron chi connectivity index (χ4n) is 1.56. The number of nitrogens with zero attached hydrogens (tertiary/aromatic N) is 2. The summed E-state index contributed by atoms with van der Waals surface area (Å²) in [5, 5.41) is 8.69. The Morgan fingerprint density at radius 3 is 2.56 bits per heavy atom. The molecule has 1 N–H and O–H groups in total. The van der Waals surface area contributed by atoms with Gasteiger partial charge in [0.2, 0.25) is 0 Å². The number of nitrogens with one attached hydrogen (secondary N) is 1. The first-order chi connectivity index (χ1) is 7.69. The van der Waals surface area contributed by atoms with Crippen LogP contribution < -0.4 is 0 Å². The summed E-state index contributed by atoms with van der Waals surface area (Å²) < 4.78 is 2.70. The van der Waals surface area contributed by atoms with Gasteiger partial charge in [0.1, 0.15) is 0 Å². The van der Waals surface area contributed by atoms with E-state index in [9.17, 15) is 0 Å². The van der Waals surface area contributed by atoms with Crippen LogP contribution in [0.25, 0.3) is 0 Å². The molecule has 2 aromatic rings. The molecule has 4 heteroatoms. The largest absolute Gasteiger partial charge is 0.335 e. The average molecular weight is 229 g/mol. The van der Waals surface area contributed by atoms with E-state index in [0.717, 1.165) is 22.6 Å². The number of hydrogen-bond donors (Lipinski definition) is 1. The monoisotopic (exact) mass is 229 g/mol. The molecule has 0 aliphatic heterocycles. The predicted molar refractivity (Wildman–Crippen MR) is 64.6 cm³/mol. The third-order valence-electron chi connectivity index (χ3n) is 2.35. The molecule has 1 heterocycles. The number of aromatic amines is 1. The third-order valence-corrected chi connectivity index (χ3v) is 2.69. The van der Waals surface area contributed by atoms with Crippen molar-refractivity contribution in [3.63, 3.8) is 0 Å². The van der Waals surface area contributed by atoms with Crippen molar-refractivity contribution in [2.45, 2.75) is 13.5 Å². The molecule has 3 nitrogen and oxygen atoms in total. The number of aryl methyl sites for hydroxylation is 1. The summed E-state index contributed by atoms with van der Waals surface area (Å²) in [6.45, 7) is 2.71. The van der Waals surface area contributed by atoms with Crippen LogP contribution in [0.3, 0.4) is 0 Å². The van der Waals surface area contributed by atoms with Crippen molar-refractivity contribution in [2.75, 3.05) is 0 Å². The predicted octanol–water partition coefficient (Wildman–Crippen LogP) is 2.77. The van der Waals surface area contributed by atoms with Crippen molar-refractivity contribution in [3.05, 3.63) is 52.1 Å². The number of aromatic nitrogens is 2. The molecule has 0 saturated heterocycles. The van der Waals surface area contributed by atoms with Crippen molar-refractivity contribution < 1.29 is 0 Å². The van der Waals surface area contributed by atoms with E-state index in [0.29, 0.717) is 5.56 Å². The van der Waals surface area contributed by atoms with Gasteiger partial charge in [0.15, 0.2) is 4.77 Å². The first kappa shape index (κ1) is 10.7. The van der Waals surface area contributed by atoms with Gasteiger partial charge in [0, 0.05) is 18.4 Å². The molecule has 0 aliphatic rings. The summed E-state index contributed by atoms with van der Waals surface area (Å²) in [6, 6.07) is 9.63. The number of rotatable bonds is 2. The molecule has 0 saturated carbocycles. The van der Waals surface area contributed by atoms with E-state index in [1.54, 1.807) is 0 Å². The zero-order valence-corrected chi connectivity index (χ0v) is 9.71. The molecule has 80 valence electrons. The second kappa shape index (κ2) is 4.33. The van der Waals surface area contributed by atoms with Crippen LogP contribution in [-0.2, 0) is 6.54 Å². The van der Waals surface area contributed by atoms with Gasteiger partial charge in [-0.15, -0.1) is 0 Å². The maximum atomic E-state index is 8.69. The second-order valence-corrected chi connectivity index (χ2v) is 4.07. The molecule has 0 unspecified atom stereocenters. The van der Waals surface area contributed by atoms with Crippen molar-refractivity contribution >= 4 is 12.2 Å². The Morgan fingerprint density at radius 1 is 1.38 bits per heavy atom. The summed E-state index contributed by atoms with van der Waals surface area (Å²) >= 11 is 5.18. The molecule has 0 radical (unpaired) electrons.